The molecule has 0 atom stereocenters. The van der Waals surface area contributed by atoms with E-state index in [4.69, 9.17) is 4.42 Å². The average molecular weight is 587 g/mol. The number of nitriles is 1. The van der Waals surface area contributed by atoms with Gasteiger partial charge in [0.2, 0.25) is 0 Å². The maximum absolute atomic E-state index is 9.61. The Balaban J connectivity index is 1.29. The Morgan fingerprint density at radius 1 is 0.457 bits per heavy atom. The second-order valence-corrected chi connectivity index (χ2v) is 11.6. The van der Waals surface area contributed by atoms with Crippen LogP contribution < -0.4 is 0 Å². The summed E-state index contributed by atoms with van der Waals surface area (Å²) in [4.78, 5) is 0. The second-order valence-electron chi connectivity index (χ2n) is 11.6. The van der Waals surface area contributed by atoms with E-state index in [9.17, 15) is 5.26 Å². The van der Waals surface area contributed by atoms with Gasteiger partial charge in [-0.2, -0.15) is 5.26 Å². The van der Waals surface area contributed by atoms with Crippen LogP contribution >= 0.6 is 0 Å². The summed E-state index contributed by atoms with van der Waals surface area (Å²) in [6.45, 7) is 0. The lowest BCUT2D eigenvalue weighted by molar-refractivity contribution is 0.669. The van der Waals surface area contributed by atoms with E-state index in [2.05, 4.69) is 144 Å². The molecule has 0 saturated heterocycles. The first-order valence-electron chi connectivity index (χ1n) is 15.4. The van der Waals surface area contributed by atoms with Crippen molar-refractivity contribution < 1.29 is 4.42 Å². The van der Waals surface area contributed by atoms with E-state index in [1.807, 2.05) is 24.3 Å². The Hall–Kier alpha value is -6.37. The van der Waals surface area contributed by atoms with Crippen LogP contribution in [0.1, 0.15) is 5.56 Å². The molecule has 0 amide bonds. The van der Waals surface area contributed by atoms with Crippen molar-refractivity contribution in [3.05, 3.63) is 163 Å². The number of benzene rings is 7. The van der Waals surface area contributed by atoms with Gasteiger partial charge in [-0.25, -0.2) is 0 Å². The summed E-state index contributed by atoms with van der Waals surface area (Å²) in [7, 11) is 0. The van der Waals surface area contributed by atoms with Crippen LogP contribution in [0.3, 0.4) is 0 Å². The van der Waals surface area contributed by atoms with E-state index in [1.165, 1.54) is 5.56 Å². The van der Waals surface area contributed by atoms with Gasteiger partial charge in [-0.15, -0.1) is 0 Å². The third kappa shape index (κ3) is 4.05. The van der Waals surface area contributed by atoms with Crippen LogP contribution in [-0.4, -0.2) is 4.57 Å². The number of para-hydroxylation sites is 2. The van der Waals surface area contributed by atoms with Crippen molar-refractivity contribution in [1.29, 1.82) is 5.26 Å². The SMILES string of the molecule is N#Cc1ccc2c(c1)c1ccccc1n2-c1cccc(-c2cccc(-c3ccccc3)c2-c2ccc3c(c2)oc2ccccc23)c1. The molecule has 0 aliphatic carbocycles. The molecule has 0 saturated carbocycles. The van der Waals surface area contributed by atoms with E-state index < -0.39 is 0 Å². The van der Waals surface area contributed by atoms with Gasteiger partial charge in [0, 0.05) is 27.2 Å². The van der Waals surface area contributed by atoms with E-state index >= 15 is 0 Å². The quantitative estimate of drug-likeness (QED) is 0.206. The van der Waals surface area contributed by atoms with Crippen LogP contribution in [0.2, 0.25) is 0 Å². The smallest absolute Gasteiger partial charge is 0.136 e. The van der Waals surface area contributed by atoms with Crippen LogP contribution in [0.15, 0.2) is 162 Å². The summed E-state index contributed by atoms with van der Waals surface area (Å²) >= 11 is 0. The van der Waals surface area contributed by atoms with E-state index in [-0.39, 0.29) is 0 Å². The molecule has 0 N–H and O–H groups in total. The first kappa shape index (κ1) is 26.1. The molecular formula is C43H26N2O. The zero-order chi connectivity index (χ0) is 30.6. The van der Waals surface area contributed by atoms with Gasteiger partial charge in [-0.05, 0) is 88.0 Å². The van der Waals surface area contributed by atoms with Crippen molar-refractivity contribution in [3.8, 4) is 45.1 Å². The Bertz CT molecular complexity index is 2650. The summed E-state index contributed by atoms with van der Waals surface area (Å²) < 4.78 is 8.65. The highest BCUT2D eigenvalue weighted by atomic mass is 16.3. The van der Waals surface area contributed by atoms with E-state index in [1.54, 1.807) is 0 Å². The minimum absolute atomic E-state index is 0.660. The van der Waals surface area contributed by atoms with Crippen LogP contribution in [0.4, 0.5) is 0 Å². The summed E-state index contributed by atoms with van der Waals surface area (Å²) in [5, 5.41) is 14.1. The van der Waals surface area contributed by atoms with Crippen LogP contribution in [0, 0.1) is 11.3 Å². The fourth-order valence-electron chi connectivity index (χ4n) is 6.98. The second kappa shape index (κ2) is 10.4. The fourth-order valence-corrected chi connectivity index (χ4v) is 6.98. The summed E-state index contributed by atoms with van der Waals surface area (Å²) in [5.41, 5.74) is 12.5. The van der Waals surface area contributed by atoms with Crippen molar-refractivity contribution in [3.63, 3.8) is 0 Å². The third-order valence-electron chi connectivity index (χ3n) is 9.03. The molecule has 0 unspecified atom stereocenters. The molecule has 3 heteroatoms. The largest absolute Gasteiger partial charge is 0.456 e. The number of nitrogens with zero attached hydrogens (tertiary/aromatic N) is 2. The molecule has 0 aliphatic rings. The number of furan rings is 1. The predicted molar refractivity (Wildman–Crippen MR) is 189 cm³/mol. The molecule has 0 spiro atoms. The average Bonchev–Trinajstić information content (AvgIpc) is 3.66. The van der Waals surface area contributed by atoms with Crippen LogP contribution in [0.25, 0.3) is 82.8 Å². The lowest BCUT2D eigenvalue weighted by Gasteiger charge is -2.17. The lowest BCUT2D eigenvalue weighted by Crippen LogP contribution is -1.95. The number of aromatic nitrogens is 1. The monoisotopic (exact) mass is 586 g/mol. The minimum Gasteiger partial charge on any atom is -0.456 e. The van der Waals surface area contributed by atoms with Crippen LogP contribution in [0.5, 0.6) is 0 Å². The standard InChI is InChI=1S/C43H26N2O/c44-27-28-20-23-40-38(24-28)35-14-4-6-18-39(35)45(40)32-13-8-12-30(25-32)34-17-9-16-33(29-10-2-1-3-11-29)43(34)31-21-22-37-36-15-5-7-19-41(36)46-42(37)26-31/h1-26H. The Labute approximate surface area is 265 Å². The maximum Gasteiger partial charge on any atom is 0.136 e. The van der Waals surface area contributed by atoms with Gasteiger partial charge in [0.1, 0.15) is 11.2 Å². The number of hydrogen-bond acceptors (Lipinski definition) is 2. The van der Waals surface area contributed by atoms with E-state index in [0.717, 1.165) is 77.2 Å². The van der Waals surface area contributed by atoms with Gasteiger partial charge < -0.3 is 8.98 Å². The predicted octanol–water partition coefficient (Wildman–Crippen LogP) is 11.6. The van der Waals surface area contributed by atoms with Gasteiger partial charge >= 0.3 is 0 Å². The summed E-state index contributed by atoms with van der Waals surface area (Å²) in [6.07, 6.45) is 0. The molecule has 0 bridgehead atoms. The molecule has 7 aromatic carbocycles. The normalized spacial score (nSPS) is 11.5. The lowest BCUT2D eigenvalue weighted by atomic mass is 9.87. The van der Waals surface area contributed by atoms with Crippen molar-refractivity contribution in [1.82, 2.24) is 4.57 Å². The third-order valence-corrected chi connectivity index (χ3v) is 9.03. The zero-order valence-electron chi connectivity index (χ0n) is 24.8. The van der Waals surface area contributed by atoms with Gasteiger partial charge in [-0.3, -0.25) is 0 Å². The number of fused-ring (bicyclic) bond motifs is 6. The van der Waals surface area contributed by atoms with Gasteiger partial charge in [0.15, 0.2) is 0 Å². The number of hydrogen-bond donors (Lipinski definition) is 0. The summed E-state index contributed by atoms with van der Waals surface area (Å²) in [6, 6.07) is 57.4. The van der Waals surface area contributed by atoms with Crippen molar-refractivity contribution in [2.24, 2.45) is 0 Å². The van der Waals surface area contributed by atoms with Gasteiger partial charge in [0.25, 0.3) is 0 Å². The number of rotatable bonds is 4. The Morgan fingerprint density at radius 3 is 2.02 bits per heavy atom. The highest BCUT2D eigenvalue weighted by molar-refractivity contribution is 6.10. The molecule has 9 rings (SSSR count). The first-order valence-corrected chi connectivity index (χ1v) is 15.4. The fraction of sp³-hybridized carbons (Fsp3) is 0. The summed E-state index contributed by atoms with van der Waals surface area (Å²) in [5.74, 6) is 0. The minimum atomic E-state index is 0.660. The Kier molecular flexibility index (Phi) is 5.88. The first-order chi connectivity index (χ1) is 22.8. The highest BCUT2D eigenvalue weighted by Crippen LogP contribution is 2.43. The topological polar surface area (TPSA) is 41.9 Å². The molecule has 9 aromatic rings. The van der Waals surface area contributed by atoms with Gasteiger partial charge in [0.05, 0.1) is 22.7 Å². The van der Waals surface area contributed by atoms with E-state index in [0.29, 0.717) is 5.56 Å². The van der Waals surface area contributed by atoms with Gasteiger partial charge in [-0.1, -0.05) is 103 Å². The van der Waals surface area contributed by atoms with Crippen molar-refractivity contribution in [2.75, 3.05) is 0 Å². The molecule has 2 aromatic heterocycles. The molecule has 214 valence electrons. The molecule has 2 heterocycles. The van der Waals surface area contributed by atoms with Crippen molar-refractivity contribution in [2.45, 2.75) is 0 Å². The molecule has 0 aliphatic heterocycles. The molecular weight excluding hydrogens is 560 g/mol. The Morgan fingerprint density at radius 2 is 1.15 bits per heavy atom. The molecule has 46 heavy (non-hydrogen) atoms. The molecule has 0 fully saturated rings. The van der Waals surface area contributed by atoms with Crippen molar-refractivity contribution >= 4 is 43.7 Å². The van der Waals surface area contributed by atoms with Crippen LogP contribution in [-0.2, 0) is 0 Å². The maximum atomic E-state index is 9.61. The highest BCUT2D eigenvalue weighted by Gasteiger charge is 2.18. The molecule has 3 nitrogen and oxygen atoms in total. The zero-order valence-corrected chi connectivity index (χ0v) is 24.8. The molecule has 0 radical (unpaired) electrons.